The van der Waals surface area contributed by atoms with Gasteiger partial charge in [0.2, 0.25) is 0 Å². The monoisotopic (exact) mass is 423 g/mol. The van der Waals surface area contributed by atoms with Crippen molar-refractivity contribution in [1.29, 1.82) is 0 Å². The Morgan fingerprint density at radius 3 is 2.12 bits per heavy atom. The highest BCUT2D eigenvalue weighted by molar-refractivity contribution is 6.07. The van der Waals surface area contributed by atoms with Crippen molar-refractivity contribution in [2.24, 2.45) is 0 Å². The molecule has 0 aliphatic heterocycles. The first-order valence-corrected chi connectivity index (χ1v) is 10.1. The number of esters is 1. The number of anilines is 1. The molecule has 4 aromatic carbocycles. The molecule has 0 bridgehead atoms. The zero-order valence-electron chi connectivity index (χ0n) is 17.4. The SMILES string of the molecule is COC(=O)c1ccc(C(=O)Nc2ccccc2Oc2ccccc2)cc1-c1ccccc1. The number of amides is 1. The minimum absolute atomic E-state index is 0.317. The number of hydrogen-bond donors (Lipinski definition) is 1. The molecule has 0 saturated heterocycles. The van der Waals surface area contributed by atoms with Crippen molar-refractivity contribution in [1.82, 2.24) is 0 Å². The minimum atomic E-state index is -0.461. The molecular weight excluding hydrogens is 402 g/mol. The zero-order valence-corrected chi connectivity index (χ0v) is 17.4. The van der Waals surface area contributed by atoms with E-state index in [1.165, 1.54) is 7.11 Å². The summed E-state index contributed by atoms with van der Waals surface area (Å²) < 4.78 is 10.8. The second-order valence-corrected chi connectivity index (χ2v) is 6.98. The van der Waals surface area contributed by atoms with Crippen molar-refractivity contribution >= 4 is 17.6 Å². The van der Waals surface area contributed by atoms with Crippen molar-refractivity contribution in [2.45, 2.75) is 0 Å². The number of benzene rings is 4. The smallest absolute Gasteiger partial charge is 0.338 e. The molecule has 5 nitrogen and oxygen atoms in total. The van der Waals surface area contributed by atoms with Gasteiger partial charge in [-0.15, -0.1) is 0 Å². The third-order valence-electron chi connectivity index (χ3n) is 4.88. The summed E-state index contributed by atoms with van der Waals surface area (Å²) in [6.45, 7) is 0. The summed E-state index contributed by atoms with van der Waals surface area (Å²) in [5.74, 6) is 0.421. The van der Waals surface area contributed by atoms with E-state index in [9.17, 15) is 9.59 Å². The molecule has 1 amide bonds. The maximum absolute atomic E-state index is 13.1. The molecule has 1 N–H and O–H groups in total. The van der Waals surface area contributed by atoms with E-state index < -0.39 is 5.97 Å². The van der Waals surface area contributed by atoms with E-state index in [2.05, 4.69) is 5.32 Å². The third kappa shape index (κ3) is 4.68. The topological polar surface area (TPSA) is 64.6 Å². The van der Waals surface area contributed by atoms with Crippen molar-refractivity contribution in [3.8, 4) is 22.6 Å². The molecule has 0 fully saturated rings. The fraction of sp³-hybridized carbons (Fsp3) is 0.0370. The number of hydrogen-bond acceptors (Lipinski definition) is 4. The molecule has 4 rings (SSSR count). The van der Waals surface area contributed by atoms with E-state index in [0.717, 1.165) is 5.56 Å². The van der Waals surface area contributed by atoms with E-state index in [0.29, 0.717) is 33.9 Å². The van der Waals surface area contributed by atoms with Crippen molar-refractivity contribution in [2.75, 3.05) is 12.4 Å². The van der Waals surface area contributed by atoms with Gasteiger partial charge in [0.1, 0.15) is 5.75 Å². The van der Waals surface area contributed by atoms with Crippen LogP contribution in [0.25, 0.3) is 11.1 Å². The van der Waals surface area contributed by atoms with Gasteiger partial charge in [-0.05, 0) is 53.6 Å². The number of carbonyl (C=O) groups excluding carboxylic acids is 2. The predicted octanol–water partition coefficient (Wildman–Crippen LogP) is 6.18. The average Bonchev–Trinajstić information content (AvgIpc) is 2.85. The number of rotatable bonds is 6. The normalized spacial score (nSPS) is 10.3. The first-order valence-electron chi connectivity index (χ1n) is 10.1. The summed E-state index contributed by atoms with van der Waals surface area (Å²) in [5.41, 5.74) is 2.78. The van der Waals surface area contributed by atoms with Crippen LogP contribution in [0.5, 0.6) is 11.5 Å². The summed E-state index contributed by atoms with van der Waals surface area (Å²) in [4.78, 5) is 25.3. The van der Waals surface area contributed by atoms with Gasteiger partial charge in [0, 0.05) is 5.56 Å². The number of methoxy groups -OCH3 is 1. The highest BCUT2D eigenvalue weighted by Gasteiger charge is 2.17. The Morgan fingerprint density at radius 1 is 0.750 bits per heavy atom. The molecule has 0 aliphatic rings. The van der Waals surface area contributed by atoms with Crippen LogP contribution in [-0.2, 0) is 4.74 Å². The van der Waals surface area contributed by atoms with Gasteiger partial charge in [0.15, 0.2) is 5.75 Å². The van der Waals surface area contributed by atoms with Gasteiger partial charge >= 0.3 is 5.97 Å². The van der Waals surface area contributed by atoms with E-state index in [-0.39, 0.29) is 5.91 Å². The lowest BCUT2D eigenvalue weighted by molar-refractivity contribution is 0.0601. The molecular formula is C27H21NO4. The van der Waals surface area contributed by atoms with Crippen molar-refractivity contribution < 1.29 is 19.1 Å². The van der Waals surface area contributed by atoms with Gasteiger partial charge in [-0.3, -0.25) is 4.79 Å². The quantitative estimate of drug-likeness (QED) is 0.376. The van der Waals surface area contributed by atoms with Crippen LogP contribution in [0.3, 0.4) is 0 Å². The molecule has 5 heteroatoms. The molecule has 0 aromatic heterocycles. The van der Waals surface area contributed by atoms with E-state index in [4.69, 9.17) is 9.47 Å². The standard InChI is InChI=1S/C27H21NO4/c1-31-27(30)22-17-16-20(18-23(22)19-10-4-2-5-11-19)26(29)28-24-14-8-9-15-25(24)32-21-12-6-3-7-13-21/h2-18H,1H3,(H,28,29). The average molecular weight is 423 g/mol. The highest BCUT2D eigenvalue weighted by Crippen LogP contribution is 2.30. The number of carbonyl (C=O) groups is 2. The summed E-state index contributed by atoms with van der Waals surface area (Å²) >= 11 is 0. The van der Waals surface area contributed by atoms with Crippen LogP contribution in [-0.4, -0.2) is 19.0 Å². The van der Waals surface area contributed by atoms with Gasteiger partial charge in [-0.25, -0.2) is 4.79 Å². The Morgan fingerprint density at radius 2 is 1.41 bits per heavy atom. The van der Waals surface area contributed by atoms with E-state index >= 15 is 0 Å². The molecule has 0 atom stereocenters. The van der Waals surface area contributed by atoms with Gasteiger partial charge < -0.3 is 14.8 Å². The largest absolute Gasteiger partial charge is 0.465 e. The number of ether oxygens (including phenoxy) is 2. The van der Waals surface area contributed by atoms with Gasteiger partial charge in [-0.2, -0.15) is 0 Å². The summed E-state index contributed by atoms with van der Waals surface area (Å²) in [7, 11) is 1.33. The third-order valence-corrected chi connectivity index (χ3v) is 4.88. The minimum Gasteiger partial charge on any atom is -0.465 e. The second-order valence-electron chi connectivity index (χ2n) is 6.98. The molecule has 32 heavy (non-hydrogen) atoms. The number of para-hydroxylation sites is 3. The van der Waals surface area contributed by atoms with Crippen LogP contribution < -0.4 is 10.1 Å². The molecule has 4 aromatic rings. The first kappa shape index (κ1) is 20.9. The lowest BCUT2D eigenvalue weighted by Crippen LogP contribution is -2.14. The van der Waals surface area contributed by atoms with E-state index in [1.807, 2.05) is 72.8 Å². The Hall–Kier alpha value is -4.38. The van der Waals surface area contributed by atoms with Crippen LogP contribution in [0.2, 0.25) is 0 Å². The maximum Gasteiger partial charge on any atom is 0.338 e. The molecule has 158 valence electrons. The fourth-order valence-corrected chi connectivity index (χ4v) is 3.30. The molecule has 0 saturated carbocycles. The molecule has 0 unspecified atom stereocenters. The Labute approximate surface area is 186 Å². The molecule has 0 spiro atoms. The summed E-state index contributed by atoms with van der Waals surface area (Å²) in [5, 5.41) is 2.91. The first-order chi connectivity index (χ1) is 15.7. The number of nitrogens with one attached hydrogen (secondary N) is 1. The van der Waals surface area contributed by atoms with Crippen LogP contribution >= 0.6 is 0 Å². The Bertz CT molecular complexity index is 1240. The van der Waals surface area contributed by atoms with Gasteiger partial charge in [0.25, 0.3) is 5.91 Å². The van der Waals surface area contributed by atoms with E-state index in [1.54, 1.807) is 30.3 Å². The lowest BCUT2D eigenvalue weighted by Gasteiger charge is -2.14. The van der Waals surface area contributed by atoms with Crippen LogP contribution in [0.1, 0.15) is 20.7 Å². The highest BCUT2D eigenvalue weighted by atomic mass is 16.5. The summed E-state index contributed by atoms with van der Waals surface area (Å²) in [6.07, 6.45) is 0. The molecule has 0 aliphatic carbocycles. The lowest BCUT2D eigenvalue weighted by atomic mass is 9.97. The predicted molar refractivity (Wildman–Crippen MR) is 124 cm³/mol. The van der Waals surface area contributed by atoms with Gasteiger partial charge in [-0.1, -0.05) is 60.7 Å². The Balaban J connectivity index is 1.64. The van der Waals surface area contributed by atoms with Gasteiger partial charge in [0.05, 0.1) is 18.4 Å². The maximum atomic E-state index is 13.1. The van der Waals surface area contributed by atoms with Crippen LogP contribution in [0, 0.1) is 0 Å². The van der Waals surface area contributed by atoms with Crippen molar-refractivity contribution in [3.63, 3.8) is 0 Å². The van der Waals surface area contributed by atoms with Crippen LogP contribution in [0.4, 0.5) is 5.69 Å². The Kier molecular flexibility index (Phi) is 6.28. The fourth-order valence-electron chi connectivity index (χ4n) is 3.30. The second kappa shape index (κ2) is 9.62. The summed E-state index contributed by atoms with van der Waals surface area (Å²) in [6, 6.07) is 30.9. The molecule has 0 heterocycles. The van der Waals surface area contributed by atoms with Crippen molar-refractivity contribution in [3.05, 3.63) is 114 Å². The zero-order chi connectivity index (χ0) is 22.3. The van der Waals surface area contributed by atoms with Crippen LogP contribution in [0.15, 0.2) is 103 Å². The molecule has 0 radical (unpaired) electrons.